The zero-order valence-corrected chi connectivity index (χ0v) is 12.1. The number of nitrogens with two attached hydrogens (primary N) is 1. The van der Waals surface area contributed by atoms with Crippen LogP contribution in [0.4, 0.5) is 5.82 Å². The molecule has 4 heteroatoms. The Hall–Kier alpha value is -1.16. The van der Waals surface area contributed by atoms with E-state index >= 15 is 0 Å². The minimum Gasteiger partial charge on any atom is -0.389 e. The first kappa shape index (κ1) is 13.3. The van der Waals surface area contributed by atoms with E-state index in [4.69, 9.17) is 18.0 Å². The molecule has 0 aliphatic heterocycles. The van der Waals surface area contributed by atoms with Gasteiger partial charge in [0.2, 0.25) is 0 Å². The molecule has 0 saturated heterocycles. The van der Waals surface area contributed by atoms with E-state index < -0.39 is 0 Å². The fourth-order valence-corrected chi connectivity index (χ4v) is 2.66. The molecule has 18 heavy (non-hydrogen) atoms. The summed E-state index contributed by atoms with van der Waals surface area (Å²) in [4.78, 5) is 4.96. The monoisotopic (exact) mass is 263 g/mol. The van der Waals surface area contributed by atoms with E-state index in [0.29, 0.717) is 11.0 Å². The quantitative estimate of drug-likeness (QED) is 0.802. The van der Waals surface area contributed by atoms with Crippen molar-refractivity contribution in [2.45, 2.75) is 46.1 Å². The number of anilines is 1. The van der Waals surface area contributed by atoms with E-state index in [9.17, 15) is 0 Å². The molecule has 0 spiro atoms. The third-order valence-corrected chi connectivity index (χ3v) is 3.56. The fraction of sp³-hybridized carbons (Fsp3) is 0.571. The number of nitrogens with one attached hydrogen (secondary N) is 1. The van der Waals surface area contributed by atoms with Crippen molar-refractivity contribution in [2.75, 3.05) is 5.32 Å². The van der Waals surface area contributed by atoms with E-state index in [1.165, 1.54) is 19.3 Å². The summed E-state index contributed by atoms with van der Waals surface area (Å²) in [5, 5.41) is 3.47. The number of nitrogens with zero attached hydrogens (tertiary/aromatic N) is 1. The summed E-state index contributed by atoms with van der Waals surface area (Å²) in [6.45, 7) is 6.22. The van der Waals surface area contributed by atoms with Gasteiger partial charge in [0.15, 0.2) is 0 Å². The Labute approximate surface area is 114 Å². The number of aromatic nitrogens is 1. The third kappa shape index (κ3) is 3.19. The Morgan fingerprint density at radius 2 is 2.22 bits per heavy atom. The maximum absolute atomic E-state index is 5.81. The van der Waals surface area contributed by atoms with Gasteiger partial charge in [0, 0.05) is 11.7 Å². The molecule has 2 rings (SSSR count). The summed E-state index contributed by atoms with van der Waals surface area (Å²) in [7, 11) is 0. The molecule has 1 aromatic rings. The number of rotatable bonds is 5. The van der Waals surface area contributed by atoms with Crippen molar-refractivity contribution < 1.29 is 0 Å². The minimum absolute atomic E-state index is 0.416. The van der Waals surface area contributed by atoms with Crippen LogP contribution in [-0.4, -0.2) is 16.0 Å². The number of thiocarbonyl (C=S) groups is 1. The molecule has 1 fully saturated rings. The van der Waals surface area contributed by atoms with Crippen LogP contribution in [0.15, 0.2) is 6.07 Å². The fourth-order valence-electron chi connectivity index (χ4n) is 2.40. The Bertz CT molecular complexity index is 466. The summed E-state index contributed by atoms with van der Waals surface area (Å²) in [6.07, 6.45) is 3.94. The van der Waals surface area contributed by atoms with Gasteiger partial charge in [-0.1, -0.05) is 25.1 Å². The summed E-state index contributed by atoms with van der Waals surface area (Å²) in [5.74, 6) is 1.74. The highest BCUT2D eigenvalue weighted by molar-refractivity contribution is 7.80. The topological polar surface area (TPSA) is 50.9 Å². The molecule has 0 aromatic carbocycles. The van der Waals surface area contributed by atoms with Crippen LogP contribution in [0.5, 0.6) is 0 Å². The molecule has 1 aromatic heterocycles. The number of hydrogen-bond donors (Lipinski definition) is 2. The van der Waals surface area contributed by atoms with Crippen LogP contribution in [0.3, 0.4) is 0 Å². The van der Waals surface area contributed by atoms with Gasteiger partial charge in [-0.2, -0.15) is 0 Å². The first-order valence-electron chi connectivity index (χ1n) is 6.52. The molecule has 1 atom stereocenters. The number of aryl methyl sites for hydroxylation is 2. The largest absolute Gasteiger partial charge is 0.389 e. The highest BCUT2D eigenvalue weighted by Crippen LogP contribution is 2.34. The van der Waals surface area contributed by atoms with E-state index in [2.05, 4.69) is 17.2 Å². The molecule has 0 amide bonds. The standard InChI is InChI=1S/C14H21N3S/c1-8-6-9(2)16-14(12(8)13(15)18)17-10(3)7-11-4-5-11/h6,10-11H,4-5,7H2,1-3H3,(H2,15,18)(H,16,17). The molecule has 1 saturated carbocycles. The first-order valence-corrected chi connectivity index (χ1v) is 6.92. The summed E-state index contributed by atoms with van der Waals surface area (Å²) >= 11 is 5.13. The molecular weight excluding hydrogens is 242 g/mol. The minimum atomic E-state index is 0.416. The second-order valence-electron chi connectivity index (χ2n) is 5.39. The zero-order valence-electron chi connectivity index (χ0n) is 11.3. The van der Waals surface area contributed by atoms with Gasteiger partial charge in [-0.15, -0.1) is 0 Å². The Balaban J connectivity index is 2.21. The van der Waals surface area contributed by atoms with Gasteiger partial charge in [-0.05, 0) is 44.7 Å². The number of pyridine rings is 1. The summed E-state index contributed by atoms with van der Waals surface area (Å²) < 4.78 is 0. The molecular formula is C14H21N3S. The second kappa shape index (κ2) is 5.22. The lowest BCUT2D eigenvalue weighted by Crippen LogP contribution is -2.22. The van der Waals surface area contributed by atoms with Gasteiger partial charge < -0.3 is 11.1 Å². The molecule has 98 valence electrons. The summed E-state index contributed by atoms with van der Waals surface area (Å²) in [5.41, 5.74) is 8.78. The smallest absolute Gasteiger partial charge is 0.136 e. The van der Waals surface area contributed by atoms with Crippen LogP contribution in [0.2, 0.25) is 0 Å². The van der Waals surface area contributed by atoms with Crippen molar-refractivity contribution in [3.05, 3.63) is 22.9 Å². The Morgan fingerprint density at radius 3 is 2.78 bits per heavy atom. The van der Waals surface area contributed by atoms with Crippen LogP contribution in [0.1, 0.15) is 43.0 Å². The zero-order chi connectivity index (χ0) is 13.3. The predicted molar refractivity (Wildman–Crippen MR) is 80.0 cm³/mol. The molecule has 3 nitrogen and oxygen atoms in total. The highest BCUT2D eigenvalue weighted by atomic mass is 32.1. The maximum atomic E-state index is 5.81. The first-order chi connectivity index (χ1) is 8.47. The molecule has 1 aliphatic rings. The SMILES string of the molecule is Cc1cc(C)c(C(N)=S)c(NC(C)CC2CC2)n1. The van der Waals surface area contributed by atoms with E-state index in [1.54, 1.807) is 0 Å². The lowest BCUT2D eigenvalue weighted by atomic mass is 10.1. The van der Waals surface area contributed by atoms with Gasteiger partial charge in [0.1, 0.15) is 10.8 Å². The van der Waals surface area contributed by atoms with E-state index in [-0.39, 0.29) is 0 Å². The van der Waals surface area contributed by atoms with Crippen molar-refractivity contribution in [2.24, 2.45) is 11.7 Å². The summed E-state index contributed by atoms with van der Waals surface area (Å²) in [6, 6.07) is 2.44. The van der Waals surface area contributed by atoms with Crippen molar-refractivity contribution >= 4 is 23.0 Å². The Kier molecular flexibility index (Phi) is 3.85. The van der Waals surface area contributed by atoms with Crippen LogP contribution in [0, 0.1) is 19.8 Å². The van der Waals surface area contributed by atoms with Crippen molar-refractivity contribution in [3.63, 3.8) is 0 Å². The molecule has 1 unspecified atom stereocenters. The average Bonchev–Trinajstić information content (AvgIpc) is 2.98. The van der Waals surface area contributed by atoms with Crippen molar-refractivity contribution in [1.82, 2.24) is 4.98 Å². The predicted octanol–water partition coefficient (Wildman–Crippen LogP) is 2.93. The molecule has 0 bridgehead atoms. The average molecular weight is 263 g/mol. The van der Waals surface area contributed by atoms with Crippen molar-refractivity contribution in [1.29, 1.82) is 0 Å². The molecule has 3 N–H and O–H groups in total. The van der Waals surface area contributed by atoms with Crippen LogP contribution < -0.4 is 11.1 Å². The second-order valence-corrected chi connectivity index (χ2v) is 5.83. The van der Waals surface area contributed by atoms with E-state index in [0.717, 1.165) is 28.6 Å². The molecule has 0 radical (unpaired) electrons. The maximum Gasteiger partial charge on any atom is 0.136 e. The van der Waals surface area contributed by atoms with Gasteiger partial charge in [-0.25, -0.2) is 4.98 Å². The van der Waals surface area contributed by atoms with E-state index in [1.807, 2.05) is 19.9 Å². The Morgan fingerprint density at radius 1 is 1.56 bits per heavy atom. The van der Waals surface area contributed by atoms with Gasteiger partial charge in [0.05, 0.1) is 5.56 Å². The van der Waals surface area contributed by atoms with Crippen LogP contribution in [-0.2, 0) is 0 Å². The number of hydrogen-bond acceptors (Lipinski definition) is 3. The van der Waals surface area contributed by atoms with Crippen LogP contribution in [0.25, 0.3) is 0 Å². The van der Waals surface area contributed by atoms with Gasteiger partial charge in [-0.3, -0.25) is 0 Å². The van der Waals surface area contributed by atoms with Crippen molar-refractivity contribution in [3.8, 4) is 0 Å². The molecule has 1 aliphatic carbocycles. The lowest BCUT2D eigenvalue weighted by Gasteiger charge is -2.18. The van der Waals surface area contributed by atoms with Crippen LogP contribution >= 0.6 is 12.2 Å². The van der Waals surface area contributed by atoms with Gasteiger partial charge in [0.25, 0.3) is 0 Å². The normalized spacial score (nSPS) is 16.4. The van der Waals surface area contributed by atoms with Gasteiger partial charge >= 0.3 is 0 Å². The molecule has 1 heterocycles. The highest BCUT2D eigenvalue weighted by Gasteiger charge is 2.24. The lowest BCUT2D eigenvalue weighted by molar-refractivity contribution is 0.639. The third-order valence-electron chi connectivity index (χ3n) is 3.36.